The second-order valence-corrected chi connectivity index (χ2v) is 5.19. The van der Waals surface area contributed by atoms with Gasteiger partial charge in [0.15, 0.2) is 0 Å². The Balaban J connectivity index is 2.44. The Bertz CT molecular complexity index is 545. The topological polar surface area (TPSA) is 20.2 Å². The first-order chi connectivity index (χ1) is 8.09. The van der Waals surface area contributed by atoms with Gasteiger partial charge in [-0.25, -0.2) is 4.39 Å². The van der Waals surface area contributed by atoms with Gasteiger partial charge in [-0.15, -0.1) is 0 Å². The fourth-order valence-electron chi connectivity index (χ4n) is 1.59. The SMILES string of the molecule is OC(c1ccc(Cl)cc1F)c1ccccc1I. The van der Waals surface area contributed by atoms with Crippen molar-refractivity contribution in [1.82, 2.24) is 0 Å². The van der Waals surface area contributed by atoms with Crippen molar-refractivity contribution in [2.24, 2.45) is 0 Å². The molecule has 1 atom stereocenters. The van der Waals surface area contributed by atoms with Gasteiger partial charge in [-0.1, -0.05) is 35.9 Å². The van der Waals surface area contributed by atoms with Crippen LogP contribution in [-0.4, -0.2) is 5.11 Å². The van der Waals surface area contributed by atoms with Gasteiger partial charge in [0, 0.05) is 14.2 Å². The molecule has 0 radical (unpaired) electrons. The fraction of sp³-hybridized carbons (Fsp3) is 0.0769. The predicted molar refractivity (Wildman–Crippen MR) is 74.6 cm³/mol. The maximum Gasteiger partial charge on any atom is 0.130 e. The van der Waals surface area contributed by atoms with Crippen LogP contribution < -0.4 is 0 Å². The van der Waals surface area contributed by atoms with Crippen LogP contribution in [0.25, 0.3) is 0 Å². The molecule has 1 nitrogen and oxygen atoms in total. The van der Waals surface area contributed by atoms with E-state index in [0.717, 1.165) is 3.57 Å². The first kappa shape index (κ1) is 12.8. The third-order valence-electron chi connectivity index (χ3n) is 2.46. The zero-order valence-electron chi connectivity index (χ0n) is 8.70. The van der Waals surface area contributed by atoms with E-state index in [2.05, 4.69) is 22.6 Å². The van der Waals surface area contributed by atoms with E-state index in [0.29, 0.717) is 10.6 Å². The molecule has 0 amide bonds. The quantitative estimate of drug-likeness (QED) is 0.795. The monoisotopic (exact) mass is 362 g/mol. The van der Waals surface area contributed by atoms with Crippen LogP contribution in [0.1, 0.15) is 17.2 Å². The first-order valence-corrected chi connectivity index (χ1v) is 6.42. The molecule has 0 fully saturated rings. The summed E-state index contributed by atoms with van der Waals surface area (Å²) in [6, 6.07) is 11.6. The van der Waals surface area contributed by atoms with Gasteiger partial charge in [0.25, 0.3) is 0 Å². The molecule has 2 aromatic carbocycles. The summed E-state index contributed by atoms with van der Waals surface area (Å²) < 4.78 is 14.6. The molecular weight excluding hydrogens is 353 g/mol. The van der Waals surface area contributed by atoms with Crippen molar-refractivity contribution in [1.29, 1.82) is 0 Å². The summed E-state index contributed by atoms with van der Waals surface area (Å²) in [6.07, 6.45) is -0.972. The second-order valence-electron chi connectivity index (χ2n) is 3.59. The van der Waals surface area contributed by atoms with Gasteiger partial charge in [0.2, 0.25) is 0 Å². The highest BCUT2D eigenvalue weighted by molar-refractivity contribution is 14.1. The Hall–Kier alpha value is -0.650. The molecule has 0 saturated heterocycles. The number of aliphatic hydroxyl groups excluding tert-OH is 1. The van der Waals surface area contributed by atoms with E-state index in [9.17, 15) is 9.50 Å². The van der Waals surface area contributed by atoms with Crippen LogP contribution in [0.5, 0.6) is 0 Å². The number of halogens is 3. The van der Waals surface area contributed by atoms with Crippen molar-refractivity contribution in [3.63, 3.8) is 0 Å². The van der Waals surface area contributed by atoms with E-state index in [1.54, 1.807) is 12.1 Å². The Kier molecular flexibility index (Phi) is 4.01. The summed E-state index contributed by atoms with van der Waals surface area (Å²) in [4.78, 5) is 0. The summed E-state index contributed by atoms with van der Waals surface area (Å²) in [5, 5.41) is 10.5. The third kappa shape index (κ3) is 2.78. The Morgan fingerprint density at radius 2 is 1.82 bits per heavy atom. The standard InChI is InChI=1S/C13H9ClFIO/c14-8-5-6-9(11(15)7-8)13(17)10-3-1-2-4-12(10)16/h1-7,13,17H. The van der Waals surface area contributed by atoms with Crippen molar-refractivity contribution >= 4 is 34.2 Å². The molecular formula is C13H9ClFIO. The minimum absolute atomic E-state index is 0.235. The van der Waals surface area contributed by atoms with Crippen LogP contribution in [-0.2, 0) is 0 Å². The lowest BCUT2D eigenvalue weighted by molar-refractivity contribution is 0.214. The van der Waals surface area contributed by atoms with Gasteiger partial charge >= 0.3 is 0 Å². The normalized spacial score (nSPS) is 12.5. The van der Waals surface area contributed by atoms with Crippen molar-refractivity contribution in [2.75, 3.05) is 0 Å². The van der Waals surface area contributed by atoms with Crippen molar-refractivity contribution in [2.45, 2.75) is 6.10 Å². The Morgan fingerprint density at radius 1 is 1.12 bits per heavy atom. The van der Waals surface area contributed by atoms with Gasteiger partial charge in [0.1, 0.15) is 11.9 Å². The highest BCUT2D eigenvalue weighted by Gasteiger charge is 2.17. The average Bonchev–Trinajstić information content (AvgIpc) is 2.29. The molecule has 0 heterocycles. The highest BCUT2D eigenvalue weighted by atomic mass is 127. The van der Waals surface area contributed by atoms with E-state index in [-0.39, 0.29) is 5.56 Å². The molecule has 4 heteroatoms. The van der Waals surface area contributed by atoms with Crippen LogP contribution in [0.3, 0.4) is 0 Å². The molecule has 2 rings (SSSR count). The van der Waals surface area contributed by atoms with Crippen LogP contribution in [0.15, 0.2) is 42.5 Å². The van der Waals surface area contributed by atoms with Crippen LogP contribution in [0.2, 0.25) is 5.02 Å². The maximum absolute atomic E-state index is 13.7. The van der Waals surface area contributed by atoms with Gasteiger partial charge in [-0.2, -0.15) is 0 Å². The van der Waals surface area contributed by atoms with Gasteiger partial charge in [-0.3, -0.25) is 0 Å². The third-order valence-corrected chi connectivity index (χ3v) is 3.67. The largest absolute Gasteiger partial charge is 0.384 e. The lowest BCUT2D eigenvalue weighted by Crippen LogP contribution is -2.04. The second kappa shape index (κ2) is 5.33. The van der Waals surface area contributed by atoms with Crippen molar-refractivity contribution in [3.05, 3.63) is 68.0 Å². The minimum Gasteiger partial charge on any atom is -0.384 e. The summed E-state index contributed by atoms with van der Waals surface area (Å²) in [6.45, 7) is 0. The van der Waals surface area contributed by atoms with E-state index < -0.39 is 11.9 Å². The van der Waals surface area contributed by atoms with Crippen LogP contribution >= 0.6 is 34.2 Å². The molecule has 0 aliphatic heterocycles. The van der Waals surface area contributed by atoms with Gasteiger partial charge < -0.3 is 5.11 Å². The summed E-state index contributed by atoms with van der Waals surface area (Å²) in [5.41, 5.74) is 0.924. The molecule has 2 aromatic rings. The number of hydrogen-bond acceptors (Lipinski definition) is 1. The van der Waals surface area contributed by atoms with Crippen molar-refractivity contribution < 1.29 is 9.50 Å². The molecule has 1 N–H and O–H groups in total. The highest BCUT2D eigenvalue weighted by Crippen LogP contribution is 2.28. The van der Waals surface area contributed by atoms with Crippen molar-refractivity contribution in [3.8, 4) is 0 Å². The number of aliphatic hydroxyl groups is 1. The molecule has 17 heavy (non-hydrogen) atoms. The summed E-state index contributed by atoms with van der Waals surface area (Å²) in [5.74, 6) is -0.496. The van der Waals surface area contributed by atoms with E-state index >= 15 is 0 Å². The zero-order valence-corrected chi connectivity index (χ0v) is 11.6. The number of rotatable bonds is 2. The molecule has 0 aliphatic rings. The van der Waals surface area contributed by atoms with E-state index in [1.807, 2.05) is 18.2 Å². The zero-order chi connectivity index (χ0) is 12.4. The molecule has 0 aliphatic carbocycles. The summed E-state index contributed by atoms with van der Waals surface area (Å²) >= 11 is 7.79. The summed E-state index contributed by atoms with van der Waals surface area (Å²) in [7, 11) is 0. The Labute approximate surface area is 117 Å². The van der Waals surface area contributed by atoms with E-state index in [4.69, 9.17) is 11.6 Å². The molecule has 0 aromatic heterocycles. The van der Waals surface area contributed by atoms with Gasteiger partial charge in [-0.05, 0) is 46.4 Å². The molecule has 0 saturated carbocycles. The molecule has 0 spiro atoms. The Morgan fingerprint density at radius 3 is 2.47 bits per heavy atom. The molecule has 0 bridgehead atoms. The number of benzene rings is 2. The molecule has 1 unspecified atom stereocenters. The number of hydrogen-bond donors (Lipinski definition) is 1. The maximum atomic E-state index is 13.7. The smallest absolute Gasteiger partial charge is 0.130 e. The average molecular weight is 363 g/mol. The lowest BCUT2D eigenvalue weighted by Gasteiger charge is -2.14. The fourth-order valence-corrected chi connectivity index (χ4v) is 2.43. The first-order valence-electron chi connectivity index (χ1n) is 4.97. The van der Waals surface area contributed by atoms with Crippen LogP contribution in [0.4, 0.5) is 4.39 Å². The molecule has 88 valence electrons. The van der Waals surface area contributed by atoms with Crippen LogP contribution in [0, 0.1) is 9.39 Å². The minimum atomic E-state index is -0.972. The lowest BCUT2D eigenvalue weighted by atomic mass is 10.0. The van der Waals surface area contributed by atoms with Gasteiger partial charge in [0.05, 0.1) is 0 Å². The van der Waals surface area contributed by atoms with E-state index in [1.165, 1.54) is 12.1 Å². The predicted octanol–water partition coefficient (Wildman–Crippen LogP) is 4.17.